The van der Waals surface area contributed by atoms with Crippen LogP contribution in [0.5, 0.6) is 0 Å². The van der Waals surface area contributed by atoms with Crippen molar-refractivity contribution in [2.45, 2.75) is 6.92 Å². The van der Waals surface area contributed by atoms with Gasteiger partial charge in [0.2, 0.25) is 11.6 Å². The van der Waals surface area contributed by atoms with Crippen LogP contribution in [0.3, 0.4) is 0 Å². The Morgan fingerprint density at radius 3 is 2.07 bits per heavy atom. The van der Waals surface area contributed by atoms with Gasteiger partial charge >= 0.3 is 5.69 Å². The van der Waals surface area contributed by atoms with Crippen molar-refractivity contribution in [2.75, 3.05) is 10.6 Å². The molecule has 3 aromatic rings. The first-order chi connectivity index (χ1) is 12.8. The first-order valence-electron chi connectivity index (χ1n) is 7.60. The smallest absolute Gasteiger partial charge is 0.334 e. The van der Waals surface area contributed by atoms with Crippen molar-refractivity contribution in [3.63, 3.8) is 0 Å². The van der Waals surface area contributed by atoms with Gasteiger partial charge < -0.3 is 10.6 Å². The predicted molar refractivity (Wildman–Crippen MR) is 103 cm³/mol. The molecule has 7 nitrogen and oxygen atoms in total. The van der Waals surface area contributed by atoms with E-state index in [0.717, 1.165) is 11.6 Å². The maximum atomic E-state index is 13.3. The fraction of sp³-hybridized carbons (Fsp3) is 0.0588. The largest absolute Gasteiger partial charge is 0.353 e. The second-order valence-electron chi connectivity index (χ2n) is 5.52. The van der Waals surface area contributed by atoms with Gasteiger partial charge in [-0.05, 0) is 42.8 Å². The standard InChI is InChI=1S/C17H12Cl2FN5O2/c1-9-2-3-10(6-12(9)18)23-16-15(25(26)27)17(22-8-21-16)24-11-4-5-14(20)13(19)7-11/h2-8H,1H3,(H2,21,22,23,24). The van der Waals surface area contributed by atoms with E-state index in [0.29, 0.717) is 16.4 Å². The molecule has 2 N–H and O–H groups in total. The molecule has 27 heavy (non-hydrogen) atoms. The zero-order valence-corrected chi connectivity index (χ0v) is 15.3. The zero-order chi connectivity index (χ0) is 19.6. The van der Waals surface area contributed by atoms with E-state index in [1.165, 1.54) is 18.5 Å². The van der Waals surface area contributed by atoms with E-state index < -0.39 is 10.7 Å². The highest BCUT2D eigenvalue weighted by Crippen LogP contribution is 2.34. The zero-order valence-electron chi connectivity index (χ0n) is 13.8. The number of hydrogen-bond acceptors (Lipinski definition) is 6. The average molecular weight is 408 g/mol. The van der Waals surface area contributed by atoms with Crippen molar-refractivity contribution < 1.29 is 9.31 Å². The van der Waals surface area contributed by atoms with Gasteiger partial charge in [-0.15, -0.1) is 0 Å². The van der Waals surface area contributed by atoms with Crippen molar-refractivity contribution in [3.05, 3.63) is 74.3 Å². The second-order valence-corrected chi connectivity index (χ2v) is 6.33. The van der Waals surface area contributed by atoms with E-state index in [1.54, 1.807) is 18.2 Å². The maximum Gasteiger partial charge on any atom is 0.353 e. The Balaban J connectivity index is 1.97. The maximum absolute atomic E-state index is 13.3. The number of nitrogens with one attached hydrogen (secondary N) is 2. The third-order valence-electron chi connectivity index (χ3n) is 3.62. The van der Waals surface area contributed by atoms with Gasteiger partial charge in [0.05, 0.1) is 9.95 Å². The molecule has 138 valence electrons. The number of halogens is 3. The molecular weight excluding hydrogens is 396 g/mol. The average Bonchev–Trinajstić information content (AvgIpc) is 2.61. The Labute approximate surface area is 163 Å². The Hall–Kier alpha value is -2.97. The van der Waals surface area contributed by atoms with Crippen molar-refractivity contribution in [3.8, 4) is 0 Å². The molecule has 1 aromatic heterocycles. The molecule has 0 saturated carbocycles. The van der Waals surface area contributed by atoms with E-state index >= 15 is 0 Å². The van der Waals surface area contributed by atoms with Crippen molar-refractivity contribution in [1.29, 1.82) is 0 Å². The van der Waals surface area contributed by atoms with Crippen molar-refractivity contribution in [2.24, 2.45) is 0 Å². The van der Waals surface area contributed by atoms with Crippen LogP contribution in [-0.2, 0) is 0 Å². The highest BCUT2D eigenvalue weighted by Gasteiger charge is 2.23. The van der Waals surface area contributed by atoms with E-state index in [4.69, 9.17) is 23.2 Å². The lowest BCUT2D eigenvalue weighted by Gasteiger charge is -2.11. The molecule has 0 aliphatic rings. The fourth-order valence-corrected chi connectivity index (χ4v) is 2.61. The lowest BCUT2D eigenvalue weighted by Crippen LogP contribution is -2.05. The molecule has 0 aliphatic carbocycles. The highest BCUT2D eigenvalue weighted by molar-refractivity contribution is 6.31. The summed E-state index contributed by atoms with van der Waals surface area (Å²) in [5.41, 5.74) is 1.36. The molecule has 0 spiro atoms. The normalized spacial score (nSPS) is 10.5. The molecule has 0 amide bonds. The molecule has 0 unspecified atom stereocenters. The third-order valence-corrected chi connectivity index (χ3v) is 4.32. The lowest BCUT2D eigenvalue weighted by molar-refractivity contribution is -0.383. The summed E-state index contributed by atoms with van der Waals surface area (Å²) in [6.07, 6.45) is 1.17. The van der Waals surface area contributed by atoms with Crippen LogP contribution in [0.25, 0.3) is 0 Å². The van der Waals surface area contributed by atoms with Crippen LogP contribution >= 0.6 is 23.2 Å². The quantitative estimate of drug-likeness (QED) is 0.420. The number of benzene rings is 2. The summed E-state index contributed by atoms with van der Waals surface area (Å²) >= 11 is 11.8. The van der Waals surface area contributed by atoms with Crippen molar-refractivity contribution >= 4 is 51.9 Å². The Morgan fingerprint density at radius 1 is 1.00 bits per heavy atom. The van der Waals surface area contributed by atoms with Gasteiger partial charge in [0.1, 0.15) is 12.1 Å². The highest BCUT2D eigenvalue weighted by atomic mass is 35.5. The van der Waals surface area contributed by atoms with Gasteiger partial charge in [-0.25, -0.2) is 14.4 Å². The van der Waals surface area contributed by atoms with Crippen LogP contribution in [0.1, 0.15) is 5.56 Å². The van der Waals surface area contributed by atoms with Crippen LogP contribution in [0.15, 0.2) is 42.7 Å². The van der Waals surface area contributed by atoms with Gasteiger partial charge in [-0.3, -0.25) is 10.1 Å². The Morgan fingerprint density at radius 2 is 1.56 bits per heavy atom. The molecule has 0 bridgehead atoms. The number of aryl methyl sites for hydroxylation is 1. The third kappa shape index (κ3) is 4.24. The van der Waals surface area contributed by atoms with Crippen molar-refractivity contribution in [1.82, 2.24) is 9.97 Å². The van der Waals surface area contributed by atoms with Gasteiger partial charge in [0, 0.05) is 16.4 Å². The van der Waals surface area contributed by atoms with E-state index in [1.807, 2.05) is 6.92 Å². The summed E-state index contributed by atoms with van der Waals surface area (Å²) in [7, 11) is 0. The summed E-state index contributed by atoms with van der Waals surface area (Å²) in [4.78, 5) is 18.8. The van der Waals surface area contributed by atoms with Gasteiger partial charge in [-0.2, -0.15) is 0 Å². The van der Waals surface area contributed by atoms with Crippen LogP contribution in [0.4, 0.5) is 33.1 Å². The molecule has 0 saturated heterocycles. The molecule has 3 rings (SSSR count). The fourth-order valence-electron chi connectivity index (χ4n) is 2.25. The minimum atomic E-state index is -0.619. The molecule has 2 aromatic carbocycles. The number of nitro groups is 1. The van der Waals surface area contributed by atoms with Crippen LogP contribution in [0, 0.1) is 22.9 Å². The monoisotopic (exact) mass is 407 g/mol. The van der Waals surface area contributed by atoms with Gasteiger partial charge in [0.25, 0.3) is 0 Å². The summed E-state index contributed by atoms with van der Waals surface area (Å²) in [6, 6.07) is 8.97. The summed E-state index contributed by atoms with van der Waals surface area (Å²) in [5, 5.41) is 17.6. The summed E-state index contributed by atoms with van der Waals surface area (Å²) in [6.45, 7) is 1.84. The lowest BCUT2D eigenvalue weighted by atomic mass is 10.2. The molecule has 0 aliphatic heterocycles. The molecule has 10 heteroatoms. The van der Waals surface area contributed by atoms with E-state index in [2.05, 4.69) is 20.6 Å². The Kier molecular flexibility index (Phi) is 5.38. The number of hydrogen-bond donors (Lipinski definition) is 2. The summed E-state index contributed by atoms with van der Waals surface area (Å²) in [5.74, 6) is -0.693. The molecule has 0 radical (unpaired) electrons. The SMILES string of the molecule is Cc1ccc(Nc2ncnc(Nc3ccc(F)c(Cl)c3)c2[N+](=O)[O-])cc1Cl. The second kappa shape index (κ2) is 7.73. The predicted octanol–water partition coefficient (Wildman–Crippen LogP) is 5.63. The molecule has 0 fully saturated rings. The van der Waals surface area contributed by atoms with Crippen LogP contribution < -0.4 is 10.6 Å². The first-order valence-corrected chi connectivity index (χ1v) is 8.35. The number of rotatable bonds is 5. The Bertz CT molecular complexity index is 960. The number of anilines is 4. The molecule has 1 heterocycles. The topological polar surface area (TPSA) is 93.0 Å². The molecule has 0 atom stereocenters. The van der Waals surface area contributed by atoms with Crippen LogP contribution in [0.2, 0.25) is 10.0 Å². The van der Waals surface area contributed by atoms with Gasteiger partial charge in [-0.1, -0.05) is 29.3 Å². The first kappa shape index (κ1) is 18.8. The molecular formula is C17H12Cl2FN5O2. The van der Waals surface area contributed by atoms with Crippen LogP contribution in [-0.4, -0.2) is 14.9 Å². The number of nitrogens with zero attached hydrogens (tertiary/aromatic N) is 3. The van der Waals surface area contributed by atoms with E-state index in [9.17, 15) is 14.5 Å². The van der Waals surface area contributed by atoms with E-state index in [-0.39, 0.29) is 22.3 Å². The van der Waals surface area contributed by atoms with Gasteiger partial charge in [0.15, 0.2) is 0 Å². The summed E-state index contributed by atoms with van der Waals surface area (Å²) < 4.78 is 13.3. The minimum Gasteiger partial charge on any atom is -0.334 e. The number of aromatic nitrogens is 2. The minimum absolute atomic E-state index is 0.0226.